The average Bonchev–Trinajstić information content (AvgIpc) is 3.66. The van der Waals surface area contributed by atoms with E-state index in [0.717, 1.165) is 29.3 Å². The van der Waals surface area contributed by atoms with Crippen molar-refractivity contribution in [2.24, 2.45) is 5.92 Å². The van der Waals surface area contributed by atoms with Gasteiger partial charge >= 0.3 is 0 Å². The van der Waals surface area contributed by atoms with Crippen molar-refractivity contribution in [2.75, 3.05) is 13.7 Å². The van der Waals surface area contributed by atoms with Crippen molar-refractivity contribution in [1.29, 1.82) is 0 Å². The Morgan fingerprint density at radius 2 is 2.00 bits per heavy atom. The van der Waals surface area contributed by atoms with Gasteiger partial charge in [-0.25, -0.2) is 0 Å². The molecule has 1 saturated heterocycles. The second-order valence-electron chi connectivity index (χ2n) is 9.96. The molecule has 5 rings (SSSR count). The van der Waals surface area contributed by atoms with Crippen LogP contribution in [-0.2, 0) is 14.4 Å². The second kappa shape index (κ2) is 10.6. The molecule has 2 amide bonds. The van der Waals surface area contributed by atoms with E-state index in [4.69, 9.17) is 4.74 Å². The molecule has 1 saturated carbocycles. The van der Waals surface area contributed by atoms with E-state index in [0.29, 0.717) is 43.5 Å². The quantitative estimate of drug-likeness (QED) is 0.459. The van der Waals surface area contributed by atoms with Gasteiger partial charge in [0.15, 0.2) is 0 Å². The third-order valence-corrected chi connectivity index (χ3v) is 7.67. The van der Waals surface area contributed by atoms with Gasteiger partial charge in [-0.1, -0.05) is 36.4 Å². The minimum absolute atomic E-state index is 0.0223. The van der Waals surface area contributed by atoms with Gasteiger partial charge in [0.1, 0.15) is 29.6 Å². The number of hydrogen-bond acceptors (Lipinski definition) is 5. The van der Waals surface area contributed by atoms with Crippen molar-refractivity contribution in [3.63, 3.8) is 0 Å². The van der Waals surface area contributed by atoms with Crippen LogP contribution in [0.25, 0.3) is 10.9 Å². The van der Waals surface area contributed by atoms with Crippen molar-refractivity contribution in [1.82, 2.24) is 15.2 Å². The van der Waals surface area contributed by atoms with E-state index in [9.17, 15) is 19.2 Å². The van der Waals surface area contributed by atoms with E-state index in [1.807, 2.05) is 48.5 Å². The summed E-state index contributed by atoms with van der Waals surface area (Å²) < 4.78 is 5.43. The first kappa shape index (κ1) is 24.7. The lowest BCUT2D eigenvalue weighted by Gasteiger charge is -2.25. The predicted molar refractivity (Wildman–Crippen MR) is 138 cm³/mol. The number of aldehydes is 1. The maximum Gasteiger partial charge on any atom is 0.271 e. The lowest BCUT2D eigenvalue weighted by molar-refractivity contribution is -0.128. The second-order valence-corrected chi connectivity index (χ2v) is 9.96. The van der Waals surface area contributed by atoms with Crippen LogP contribution in [0.1, 0.15) is 54.1 Å². The number of carbonyl (C=O) groups excluding carboxylic acids is 4. The predicted octanol–water partition coefficient (Wildman–Crippen LogP) is 3.62. The maximum atomic E-state index is 13.7. The van der Waals surface area contributed by atoms with Crippen LogP contribution >= 0.6 is 0 Å². The number of ketones is 1. The summed E-state index contributed by atoms with van der Waals surface area (Å²) in [7, 11) is 1.58. The molecule has 8 nitrogen and oxygen atoms in total. The number of benzene rings is 2. The van der Waals surface area contributed by atoms with E-state index in [-0.39, 0.29) is 29.4 Å². The van der Waals surface area contributed by atoms with Crippen LogP contribution in [0.5, 0.6) is 5.75 Å². The highest BCUT2D eigenvalue weighted by Crippen LogP contribution is 2.34. The number of rotatable bonds is 8. The van der Waals surface area contributed by atoms with Gasteiger partial charge in [-0.2, -0.15) is 0 Å². The lowest BCUT2D eigenvalue weighted by Crippen LogP contribution is -2.49. The van der Waals surface area contributed by atoms with Crippen LogP contribution in [0, 0.1) is 5.92 Å². The summed E-state index contributed by atoms with van der Waals surface area (Å²) in [4.78, 5) is 55.9. The molecule has 2 aromatic carbocycles. The minimum Gasteiger partial charge on any atom is -0.496 e. The molecule has 8 heteroatoms. The Kier molecular flexibility index (Phi) is 7.08. The van der Waals surface area contributed by atoms with Gasteiger partial charge in [-0.05, 0) is 49.4 Å². The fourth-order valence-electron chi connectivity index (χ4n) is 5.72. The zero-order valence-corrected chi connectivity index (χ0v) is 20.8. The first-order chi connectivity index (χ1) is 18.0. The summed E-state index contributed by atoms with van der Waals surface area (Å²) in [5.41, 5.74) is 2.19. The Morgan fingerprint density at radius 1 is 1.19 bits per heavy atom. The summed E-state index contributed by atoms with van der Waals surface area (Å²) in [5.74, 6) is -0.0762. The highest BCUT2D eigenvalue weighted by atomic mass is 16.5. The van der Waals surface area contributed by atoms with Crippen molar-refractivity contribution < 1.29 is 23.9 Å². The number of carbonyl (C=O) groups is 4. The first-order valence-electron chi connectivity index (χ1n) is 12.8. The topological polar surface area (TPSA) is 109 Å². The van der Waals surface area contributed by atoms with E-state index in [1.165, 1.54) is 0 Å². The van der Waals surface area contributed by atoms with Crippen LogP contribution < -0.4 is 10.1 Å². The molecule has 192 valence electrons. The fourth-order valence-corrected chi connectivity index (χ4v) is 5.72. The average molecular weight is 502 g/mol. The molecule has 4 atom stereocenters. The molecular weight excluding hydrogens is 470 g/mol. The molecule has 2 fully saturated rings. The van der Waals surface area contributed by atoms with Crippen molar-refractivity contribution in [3.05, 3.63) is 65.9 Å². The van der Waals surface area contributed by atoms with Crippen molar-refractivity contribution in [3.8, 4) is 5.75 Å². The Morgan fingerprint density at radius 3 is 2.70 bits per heavy atom. The number of amides is 2. The van der Waals surface area contributed by atoms with Crippen LogP contribution in [-0.4, -0.2) is 59.5 Å². The number of methoxy groups -OCH3 is 1. The van der Waals surface area contributed by atoms with E-state index in [1.54, 1.807) is 18.1 Å². The Balaban J connectivity index is 1.40. The van der Waals surface area contributed by atoms with E-state index in [2.05, 4.69) is 10.3 Å². The van der Waals surface area contributed by atoms with E-state index >= 15 is 0 Å². The first-order valence-corrected chi connectivity index (χ1v) is 12.8. The number of nitrogens with zero attached hydrogens (tertiary/aromatic N) is 1. The standard InChI is InChI=1S/C29H31N3O5/c1-37-27-12-6-10-23-22(27)15-24(31-23)29(36)32-16-20(18-7-3-2-4-8-18)14-25(32)28(35)30-21(17-33)13-19-9-5-11-26(19)34/h2-4,6-8,10,12,15,17,19-21,25,31H,5,9,11,13-14,16H2,1H3,(H,30,35)/t19-,20?,21-,25-/m0/s1. The number of nitrogens with one attached hydrogen (secondary N) is 2. The summed E-state index contributed by atoms with van der Waals surface area (Å²) >= 11 is 0. The van der Waals surface area contributed by atoms with Gasteiger partial charge < -0.3 is 24.7 Å². The number of ether oxygens (including phenoxy) is 1. The Labute approximate surface area is 215 Å². The van der Waals surface area contributed by atoms with Gasteiger partial charge in [-0.3, -0.25) is 14.4 Å². The largest absolute Gasteiger partial charge is 0.496 e. The number of fused-ring (bicyclic) bond motifs is 1. The summed E-state index contributed by atoms with van der Waals surface area (Å²) in [5, 5.41) is 3.61. The lowest BCUT2D eigenvalue weighted by atomic mass is 9.95. The van der Waals surface area contributed by atoms with Crippen LogP contribution in [0.15, 0.2) is 54.6 Å². The highest BCUT2D eigenvalue weighted by molar-refractivity contribution is 6.02. The third-order valence-electron chi connectivity index (χ3n) is 7.67. The van der Waals surface area contributed by atoms with Crippen LogP contribution in [0.4, 0.5) is 0 Å². The third kappa shape index (κ3) is 5.01. The molecule has 37 heavy (non-hydrogen) atoms. The fraction of sp³-hybridized carbons (Fsp3) is 0.379. The van der Waals surface area contributed by atoms with Crippen molar-refractivity contribution in [2.45, 2.75) is 50.1 Å². The number of Topliss-reactive ketones (excluding diaryl/α,β-unsaturated/α-hetero) is 1. The molecular formula is C29H31N3O5. The monoisotopic (exact) mass is 501 g/mol. The number of likely N-dealkylation sites (tertiary alicyclic amines) is 1. The molecule has 2 N–H and O–H groups in total. The minimum atomic E-state index is -0.760. The summed E-state index contributed by atoms with van der Waals surface area (Å²) in [6.45, 7) is 0.375. The van der Waals surface area contributed by atoms with Gasteiger partial charge in [0.05, 0.1) is 13.2 Å². The molecule has 0 spiro atoms. The molecule has 2 heterocycles. The Bertz CT molecular complexity index is 1320. The van der Waals surface area contributed by atoms with Crippen LogP contribution in [0.3, 0.4) is 0 Å². The molecule has 1 aliphatic heterocycles. The smallest absolute Gasteiger partial charge is 0.271 e. The zero-order valence-electron chi connectivity index (χ0n) is 20.8. The zero-order chi connectivity index (χ0) is 25.9. The summed E-state index contributed by atoms with van der Waals surface area (Å²) in [6, 6.07) is 15.6. The van der Waals surface area contributed by atoms with Gasteiger partial charge in [-0.15, -0.1) is 0 Å². The molecule has 1 aromatic heterocycles. The molecule has 1 unspecified atom stereocenters. The number of aromatic amines is 1. The number of aromatic nitrogens is 1. The normalized spacial score (nSPS) is 22.2. The van der Waals surface area contributed by atoms with Gasteiger partial charge in [0.2, 0.25) is 5.91 Å². The van der Waals surface area contributed by atoms with Gasteiger partial charge in [0, 0.05) is 35.7 Å². The maximum absolute atomic E-state index is 13.7. The Hall–Kier alpha value is -3.94. The van der Waals surface area contributed by atoms with Gasteiger partial charge in [0.25, 0.3) is 5.91 Å². The van der Waals surface area contributed by atoms with Crippen LogP contribution in [0.2, 0.25) is 0 Å². The number of hydrogen-bond donors (Lipinski definition) is 2. The summed E-state index contributed by atoms with van der Waals surface area (Å²) in [6.07, 6.45) is 3.54. The molecule has 0 bridgehead atoms. The highest BCUT2D eigenvalue weighted by Gasteiger charge is 2.41. The van der Waals surface area contributed by atoms with Crippen molar-refractivity contribution >= 4 is 34.8 Å². The molecule has 0 radical (unpaired) electrons. The molecule has 2 aliphatic rings. The molecule has 3 aromatic rings. The van der Waals surface area contributed by atoms with E-state index < -0.39 is 12.1 Å². The number of H-pyrrole nitrogens is 1. The SMILES string of the molecule is COc1cccc2[nH]c(C(=O)N3CC(c4ccccc4)C[C@H]3C(=O)N[C@H](C=O)C[C@@H]3CCCC3=O)cc12. The molecule has 1 aliphatic carbocycles.